The zero-order valence-corrected chi connectivity index (χ0v) is 22.1. The van der Waals surface area contributed by atoms with Crippen molar-refractivity contribution in [3.05, 3.63) is 59.7 Å². The highest BCUT2D eigenvalue weighted by molar-refractivity contribution is 7.92. The van der Waals surface area contributed by atoms with Crippen LogP contribution in [0.15, 0.2) is 48.5 Å². The summed E-state index contributed by atoms with van der Waals surface area (Å²) in [5.41, 5.74) is 2.25. The van der Waals surface area contributed by atoms with Crippen LogP contribution in [0.3, 0.4) is 0 Å². The maximum absolute atomic E-state index is 13.6. The summed E-state index contributed by atoms with van der Waals surface area (Å²) in [5, 5.41) is 2.91. The number of carbonyl (C=O) groups is 2. The minimum Gasteiger partial charge on any atom is -0.497 e. The molecule has 9 heteroatoms. The maximum Gasteiger partial charge on any atom is 0.244 e. The van der Waals surface area contributed by atoms with Gasteiger partial charge in [-0.2, -0.15) is 0 Å². The molecule has 0 heterocycles. The van der Waals surface area contributed by atoms with Crippen LogP contribution >= 0.6 is 0 Å². The number of hydrogen-bond acceptors (Lipinski definition) is 5. The van der Waals surface area contributed by atoms with Crippen molar-refractivity contribution < 1.29 is 22.7 Å². The lowest BCUT2D eigenvalue weighted by molar-refractivity contribution is -0.140. The molecule has 0 aliphatic heterocycles. The van der Waals surface area contributed by atoms with Crippen LogP contribution in [-0.4, -0.2) is 57.6 Å². The summed E-state index contributed by atoms with van der Waals surface area (Å²) >= 11 is 0. The Balaban J connectivity index is 2.40. The minimum absolute atomic E-state index is 0.189. The predicted molar refractivity (Wildman–Crippen MR) is 139 cm³/mol. The Hall–Kier alpha value is -3.07. The smallest absolute Gasteiger partial charge is 0.244 e. The molecule has 0 bridgehead atoms. The summed E-state index contributed by atoms with van der Waals surface area (Å²) in [6, 6.07) is 13.5. The first-order valence-electron chi connectivity index (χ1n) is 11.8. The number of sulfonamides is 1. The molecular weight excluding hydrogens is 466 g/mol. The van der Waals surface area contributed by atoms with Crippen LogP contribution in [0.1, 0.15) is 44.2 Å². The van der Waals surface area contributed by atoms with Crippen LogP contribution in [-0.2, 0) is 26.2 Å². The highest BCUT2D eigenvalue weighted by atomic mass is 32.2. The lowest BCUT2D eigenvalue weighted by Gasteiger charge is -2.33. The molecule has 0 aromatic heterocycles. The first-order chi connectivity index (χ1) is 16.6. The fraction of sp³-hybridized carbons (Fsp3) is 0.462. The minimum atomic E-state index is -3.79. The number of methoxy groups -OCH3 is 1. The van der Waals surface area contributed by atoms with Gasteiger partial charge >= 0.3 is 0 Å². The van der Waals surface area contributed by atoms with Gasteiger partial charge in [0.05, 0.1) is 19.1 Å². The van der Waals surface area contributed by atoms with E-state index >= 15 is 0 Å². The Bertz CT molecular complexity index is 1090. The van der Waals surface area contributed by atoms with E-state index in [9.17, 15) is 18.0 Å². The number of nitrogens with zero attached hydrogens (tertiary/aromatic N) is 2. The maximum atomic E-state index is 13.6. The highest BCUT2D eigenvalue weighted by Crippen LogP contribution is 2.24. The molecule has 8 nitrogen and oxygen atoms in total. The van der Waals surface area contributed by atoms with Crippen LogP contribution in [0, 0.1) is 6.92 Å². The van der Waals surface area contributed by atoms with E-state index in [2.05, 4.69) is 5.32 Å². The van der Waals surface area contributed by atoms with Crippen molar-refractivity contribution in [2.24, 2.45) is 0 Å². The van der Waals surface area contributed by atoms with Crippen molar-refractivity contribution in [3.8, 4) is 5.75 Å². The van der Waals surface area contributed by atoms with Gasteiger partial charge in [0, 0.05) is 19.2 Å². The number of anilines is 1. The summed E-state index contributed by atoms with van der Waals surface area (Å²) in [4.78, 5) is 28.1. The predicted octanol–water partition coefficient (Wildman–Crippen LogP) is 3.49. The van der Waals surface area contributed by atoms with Crippen LogP contribution in [0.2, 0.25) is 0 Å². The Morgan fingerprint density at radius 1 is 1.09 bits per heavy atom. The van der Waals surface area contributed by atoms with Crippen molar-refractivity contribution in [1.82, 2.24) is 10.2 Å². The van der Waals surface area contributed by atoms with Gasteiger partial charge in [-0.15, -0.1) is 0 Å². The molecule has 1 N–H and O–H groups in total. The second-order valence-electron chi connectivity index (χ2n) is 8.55. The first kappa shape index (κ1) is 28.2. The third kappa shape index (κ3) is 8.28. The van der Waals surface area contributed by atoms with Gasteiger partial charge in [-0.05, 0) is 37.5 Å². The van der Waals surface area contributed by atoms with Gasteiger partial charge in [0.15, 0.2) is 0 Å². The fourth-order valence-corrected chi connectivity index (χ4v) is 4.54. The van der Waals surface area contributed by atoms with E-state index in [0.717, 1.165) is 34.5 Å². The zero-order valence-electron chi connectivity index (χ0n) is 21.3. The normalized spacial score (nSPS) is 12.0. The van der Waals surface area contributed by atoms with Gasteiger partial charge in [0.1, 0.15) is 18.3 Å². The standard InChI is InChI=1S/C26H37N3O5S/c1-6-8-16-27-26(31)24(7-2)28(18-21-14-12-20(3)13-15-21)25(30)19-29(35(5,32)33)22-10-9-11-23(17-22)34-4/h9-15,17,24H,6-8,16,18-19H2,1-5H3,(H,27,31). The van der Waals surface area contributed by atoms with E-state index in [4.69, 9.17) is 4.74 Å². The number of unbranched alkanes of at least 4 members (excludes halogenated alkanes) is 1. The molecular formula is C26H37N3O5S. The summed E-state index contributed by atoms with van der Waals surface area (Å²) < 4.78 is 31.6. The third-order valence-electron chi connectivity index (χ3n) is 5.71. The molecule has 0 radical (unpaired) electrons. The number of nitrogens with one attached hydrogen (secondary N) is 1. The molecule has 2 rings (SSSR count). The molecule has 2 aromatic carbocycles. The molecule has 1 unspecified atom stereocenters. The molecule has 1 atom stereocenters. The Morgan fingerprint density at radius 2 is 1.77 bits per heavy atom. The molecule has 2 aromatic rings. The third-order valence-corrected chi connectivity index (χ3v) is 6.85. The largest absolute Gasteiger partial charge is 0.497 e. The Morgan fingerprint density at radius 3 is 2.34 bits per heavy atom. The summed E-state index contributed by atoms with van der Waals surface area (Å²) in [6.07, 6.45) is 3.23. The second-order valence-corrected chi connectivity index (χ2v) is 10.5. The SMILES string of the molecule is CCCCNC(=O)C(CC)N(Cc1ccc(C)cc1)C(=O)CN(c1cccc(OC)c1)S(C)(=O)=O. The topological polar surface area (TPSA) is 96.0 Å². The van der Waals surface area contributed by atoms with E-state index in [-0.39, 0.29) is 12.5 Å². The summed E-state index contributed by atoms with van der Waals surface area (Å²) in [7, 11) is -2.30. The number of carbonyl (C=O) groups excluding carboxylic acids is 2. The zero-order chi connectivity index (χ0) is 26.0. The van der Waals surface area contributed by atoms with Crippen molar-refractivity contribution >= 4 is 27.5 Å². The number of benzene rings is 2. The van der Waals surface area contributed by atoms with Crippen LogP contribution in [0.5, 0.6) is 5.75 Å². The van der Waals surface area contributed by atoms with Crippen molar-refractivity contribution in [1.29, 1.82) is 0 Å². The van der Waals surface area contributed by atoms with Gasteiger partial charge in [0.25, 0.3) is 0 Å². The molecule has 2 amide bonds. The number of hydrogen-bond donors (Lipinski definition) is 1. The number of aryl methyl sites for hydroxylation is 1. The van der Waals surface area contributed by atoms with Crippen molar-refractivity contribution in [2.75, 3.05) is 30.8 Å². The monoisotopic (exact) mass is 503 g/mol. The number of ether oxygens (including phenoxy) is 1. The molecule has 192 valence electrons. The quantitative estimate of drug-likeness (QED) is 0.422. The number of rotatable bonds is 13. The van der Waals surface area contributed by atoms with Crippen molar-refractivity contribution in [2.45, 2.75) is 52.6 Å². The Labute approximate surface area is 209 Å². The van der Waals surface area contributed by atoms with Crippen molar-refractivity contribution in [3.63, 3.8) is 0 Å². The molecule has 0 spiro atoms. The van der Waals surface area contributed by atoms with Crippen LogP contribution in [0.25, 0.3) is 0 Å². The van der Waals surface area contributed by atoms with Gasteiger partial charge in [-0.3, -0.25) is 13.9 Å². The average molecular weight is 504 g/mol. The lowest BCUT2D eigenvalue weighted by atomic mass is 10.1. The summed E-state index contributed by atoms with van der Waals surface area (Å²) in [5.74, 6) is -0.230. The van der Waals surface area contributed by atoms with Gasteiger partial charge in [0.2, 0.25) is 21.8 Å². The van der Waals surface area contributed by atoms with E-state index in [1.807, 2.05) is 45.0 Å². The molecule has 0 fully saturated rings. The van der Waals surface area contributed by atoms with Crippen LogP contribution < -0.4 is 14.4 Å². The van der Waals surface area contributed by atoms with E-state index in [1.54, 1.807) is 24.3 Å². The molecule has 35 heavy (non-hydrogen) atoms. The average Bonchev–Trinajstić information content (AvgIpc) is 2.83. The van der Waals surface area contributed by atoms with E-state index in [1.165, 1.54) is 12.0 Å². The fourth-order valence-electron chi connectivity index (χ4n) is 3.70. The molecule has 0 aliphatic carbocycles. The molecule has 0 saturated carbocycles. The van der Waals surface area contributed by atoms with Gasteiger partial charge in [-0.1, -0.05) is 56.2 Å². The van der Waals surface area contributed by atoms with Crippen LogP contribution in [0.4, 0.5) is 5.69 Å². The lowest BCUT2D eigenvalue weighted by Crippen LogP contribution is -2.52. The van der Waals surface area contributed by atoms with E-state index in [0.29, 0.717) is 24.4 Å². The number of amides is 2. The molecule has 0 saturated heterocycles. The molecule has 0 aliphatic rings. The van der Waals surface area contributed by atoms with Gasteiger partial charge in [-0.25, -0.2) is 8.42 Å². The van der Waals surface area contributed by atoms with Gasteiger partial charge < -0.3 is 15.0 Å². The highest BCUT2D eigenvalue weighted by Gasteiger charge is 2.31. The summed E-state index contributed by atoms with van der Waals surface area (Å²) in [6.45, 7) is 6.13. The van der Waals surface area contributed by atoms with E-state index < -0.39 is 28.5 Å². The second kappa shape index (κ2) is 13.1. The first-order valence-corrected chi connectivity index (χ1v) is 13.7. The Kier molecular flexibility index (Phi) is 10.6.